The Hall–Kier alpha value is -2.08. The zero-order valence-corrected chi connectivity index (χ0v) is 8.51. The minimum absolute atomic E-state index is 0.793. The van der Waals surface area contributed by atoms with Gasteiger partial charge in [-0.3, -0.25) is 9.67 Å². The predicted octanol–water partition coefficient (Wildman–Crippen LogP) is 1.95. The van der Waals surface area contributed by atoms with Gasteiger partial charge in [0.25, 0.3) is 0 Å². The molecule has 0 aliphatic rings. The average molecular weight is 197 g/mol. The maximum atomic E-state index is 5.26. The van der Waals surface area contributed by atoms with Gasteiger partial charge in [0.15, 0.2) is 0 Å². The topological polar surface area (TPSA) is 30.7 Å². The standard InChI is InChI=1S/C12H11N3/c1-3-10-5-6-12(13-7-10)11-8-14-15(4-2)9-11/h1,5-9H,4H2,2H3. The lowest BCUT2D eigenvalue weighted by Crippen LogP contribution is -1.92. The molecule has 2 aromatic heterocycles. The van der Waals surface area contributed by atoms with Crippen LogP contribution < -0.4 is 0 Å². The van der Waals surface area contributed by atoms with E-state index in [2.05, 4.69) is 16.0 Å². The van der Waals surface area contributed by atoms with E-state index in [0.717, 1.165) is 23.4 Å². The SMILES string of the molecule is C#Cc1ccc(-c2cnn(CC)c2)nc1. The summed E-state index contributed by atoms with van der Waals surface area (Å²) in [7, 11) is 0. The highest BCUT2D eigenvalue weighted by Crippen LogP contribution is 2.15. The second-order valence-electron chi connectivity index (χ2n) is 3.16. The van der Waals surface area contributed by atoms with Crippen molar-refractivity contribution in [2.45, 2.75) is 13.5 Å². The molecule has 0 aliphatic carbocycles. The zero-order chi connectivity index (χ0) is 10.7. The fourth-order valence-electron chi connectivity index (χ4n) is 1.32. The summed E-state index contributed by atoms with van der Waals surface area (Å²) < 4.78 is 1.87. The molecule has 0 bridgehead atoms. The van der Waals surface area contributed by atoms with Gasteiger partial charge in [0, 0.05) is 30.1 Å². The third kappa shape index (κ3) is 1.89. The Bertz CT molecular complexity index is 488. The molecule has 0 fully saturated rings. The highest BCUT2D eigenvalue weighted by Gasteiger charge is 2.01. The molecule has 3 heteroatoms. The smallest absolute Gasteiger partial charge is 0.0734 e. The number of aromatic nitrogens is 3. The van der Waals surface area contributed by atoms with Crippen molar-refractivity contribution in [1.29, 1.82) is 0 Å². The molecule has 2 rings (SSSR count). The lowest BCUT2D eigenvalue weighted by atomic mass is 10.2. The molecule has 0 unspecified atom stereocenters. The Morgan fingerprint density at radius 3 is 2.80 bits per heavy atom. The van der Waals surface area contributed by atoms with Crippen molar-refractivity contribution in [1.82, 2.24) is 14.8 Å². The van der Waals surface area contributed by atoms with E-state index in [1.807, 2.05) is 29.9 Å². The van der Waals surface area contributed by atoms with Crippen LogP contribution in [-0.4, -0.2) is 14.8 Å². The van der Waals surface area contributed by atoms with E-state index in [-0.39, 0.29) is 0 Å². The van der Waals surface area contributed by atoms with Crippen molar-refractivity contribution < 1.29 is 0 Å². The quantitative estimate of drug-likeness (QED) is 0.689. The van der Waals surface area contributed by atoms with Gasteiger partial charge < -0.3 is 0 Å². The minimum Gasteiger partial charge on any atom is -0.272 e. The largest absolute Gasteiger partial charge is 0.272 e. The van der Waals surface area contributed by atoms with Crippen LogP contribution in [0.15, 0.2) is 30.7 Å². The molecule has 0 amide bonds. The third-order valence-electron chi connectivity index (χ3n) is 2.18. The van der Waals surface area contributed by atoms with Crippen LogP contribution in [0, 0.1) is 12.3 Å². The van der Waals surface area contributed by atoms with E-state index in [4.69, 9.17) is 6.42 Å². The summed E-state index contributed by atoms with van der Waals surface area (Å²) in [5.41, 5.74) is 2.70. The number of aryl methyl sites for hydroxylation is 1. The van der Waals surface area contributed by atoms with Crippen molar-refractivity contribution >= 4 is 0 Å². The summed E-state index contributed by atoms with van der Waals surface area (Å²) in [5.74, 6) is 2.54. The van der Waals surface area contributed by atoms with Crippen molar-refractivity contribution in [3.63, 3.8) is 0 Å². The average Bonchev–Trinajstić information content (AvgIpc) is 2.78. The highest BCUT2D eigenvalue weighted by atomic mass is 15.3. The summed E-state index contributed by atoms with van der Waals surface area (Å²) >= 11 is 0. The molecular weight excluding hydrogens is 186 g/mol. The van der Waals surface area contributed by atoms with Crippen LogP contribution in [-0.2, 0) is 6.54 Å². The zero-order valence-electron chi connectivity index (χ0n) is 8.51. The van der Waals surface area contributed by atoms with E-state index < -0.39 is 0 Å². The maximum absolute atomic E-state index is 5.26. The summed E-state index contributed by atoms with van der Waals surface area (Å²) in [5, 5.41) is 4.19. The highest BCUT2D eigenvalue weighted by molar-refractivity contribution is 5.57. The van der Waals surface area contributed by atoms with E-state index in [0.29, 0.717) is 0 Å². The van der Waals surface area contributed by atoms with Crippen LogP contribution in [0.1, 0.15) is 12.5 Å². The van der Waals surface area contributed by atoms with Crippen molar-refractivity contribution in [2.24, 2.45) is 0 Å². The van der Waals surface area contributed by atoms with E-state index >= 15 is 0 Å². The van der Waals surface area contributed by atoms with Gasteiger partial charge in [-0.1, -0.05) is 5.92 Å². The summed E-state index contributed by atoms with van der Waals surface area (Å²) in [4.78, 5) is 4.27. The van der Waals surface area contributed by atoms with Gasteiger partial charge >= 0.3 is 0 Å². The molecule has 0 saturated carbocycles. The van der Waals surface area contributed by atoms with Crippen LogP contribution in [0.5, 0.6) is 0 Å². The first-order valence-electron chi connectivity index (χ1n) is 4.79. The van der Waals surface area contributed by atoms with Crippen LogP contribution in [0.25, 0.3) is 11.3 Å². The minimum atomic E-state index is 0.793. The molecule has 0 radical (unpaired) electrons. The molecule has 0 saturated heterocycles. The van der Waals surface area contributed by atoms with Gasteiger partial charge in [0.1, 0.15) is 0 Å². The molecule has 2 aromatic rings. The monoisotopic (exact) mass is 197 g/mol. The van der Waals surface area contributed by atoms with Gasteiger partial charge in [0.2, 0.25) is 0 Å². The third-order valence-corrected chi connectivity index (χ3v) is 2.18. The van der Waals surface area contributed by atoms with Gasteiger partial charge in [-0.05, 0) is 19.1 Å². The summed E-state index contributed by atoms with van der Waals surface area (Å²) in [6.45, 7) is 2.91. The van der Waals surface area contributed by atoms with Crippen LogP contribution >= 0.6 is 0 Å². The van der Waals surface area contributed by atoms with E-state index in [1.165, 1.54) is 0 Å². The summed E-state index contributed by atoms with van der Waals surface area (Å²) in [6.07, 6.45) is 10.7. The van der Waals surface area contributed by atoms with Gasteiger partial charge in [-0.25, -0.2) is 0 Å². The second kappa shape index (κ2) is 3.97. The fourth-order valence-corrected chi connectivity index (χ4v) is 1.32. The molecular formula is C12H11N3. The number of pyridine rings is 1. The first kappa shape index (κ1) is 9.47. The lowest BCUT2D eigenvalue weighted by molar-refractivity contribution is 0.660. The Morgan fingerprint density at radius 2 is 2.27 bits per heavy atom. The lowest BCUT2D eigenvalue weighted by Gasteiger charge is -1.96. The van der Waals surface area contributed by atoms with Crippen LogP contribution in [0.2, 0.25) is 0 Å². The van der Waals surface area contributed by atoms with E-state index in [9.17, 15) is 0 Å². The van der Waals surface area contributed by atoms with Crippen molar-refractivity contribution in [3.8, 4) is 23.6 Å². The second-order valence-corrected chi connectivity index (χ2v) is 3.16. The van der Waals surface area contributed by atoms with Crippen LogP contribution in [0.3, 0.4) is 0 Å². The number of terminal acetylenes is 1. The molecule has 2 heterocycles. The molecule has 74 valence electrons. The molecule has 0 N–H and O–H groups in total. The number of rotatable bonds is 2. The first-order valence-corrected chi connectivity index (χ1v) is 4.79. The summed E-state index contributed by atoms with van der Waals surface area (Å²) in [6, 6.07) is 3.79. The Morgan fingerprint density at radius 1 is 1.40 bits per heavy atom. The molecule has 15 heavy (non-hydrogen) atoms. The number of nitrogens with zero attached hydrogens (tertiary/aromatic N) is 3. The maximum Gasteiger partial charge on any atom is 0.0734 e. The Labute approximate surface area is 88.8 Å². The Kier molecular flexibility index (Phi) is 2.51. The molecule has 0 aromatic carbocycles. The van der Waals surface area contributed by atoms with Crippen molar-refractivity contribution in [2.75, 3.05) is 0 Å². The van der Waals surface area contributed by atoms with Gasteiger partial charge in [-0.2, -0.15) is 5.10 Å². The molecule has 0 atom stereocenters. The normalized spacial score (nSPS) is 9.87. The molecule has 3 nitrogen and oxygen atoms in total. The first-order chi connectivity index (χ1) is 7.33. The van der Waals surface area contributed by atoms with Gasteiger partial charge in [0.05, 0.1) is 11.9 Å². The Balaban J connectivity index is 2.33. The van der Waals surface area contributed by atoms with E-state index in [1.54, 1.807) is 12.4 Å². The fraction of sp³-hybridized carbons (Fsp3) is 0.167. The van der Waals surface area contributed by atoms with Crippen molar-refractivity contribution in [3.05, 3.63) is 36.3 Å². The molecule has 0 spiro atoms. The predicted molar refractivity (Wildman–Crippen MR) is 59.1 cm³/mol. The van der Waals surface area contributed by atoms with Gasteiger partial charge in [-0.15, -0.1) is 6.42 Å². The molecule has 0 aliphatic heterocycles. The number of hydrogen-bond acceptors (Lipinski definition) is 2. The van der Waals surface area contributed by atoms with Crippen LogP contribution in [0.4, 0.5) is 0 Å². The number of hydrogen-bond donors (Lipinski definition) is 0.